The van der Waals surface area contributed by atoms with Crippen molar-refractivity contribution in [3.05, 3.63) is 0 Å². The Balaban J connectivity index is 4.31. The topological polar surface area (TPSA) is 78.9 Å². The van der Waals surface area contributed by atoms with Crippen molar-refractivity contribution in [3.63, 3.8) is 0 Å². The molecule has 0 aliphatic heterocycles. The Labute approximate surface area is 399 Å². The molecule has 0 aromatic carbocycles. The molecule has 0 amide bonds. The lowest BCUT2D eigenvalue weighted by atomic mass is 9.99. The summed E-state index contributed by atoms with van der Waals surface area (Å²) in [5, 5.41) is 0. The molecule has 0 saturated carbocycles. The highest BCUT2D eigenvalue weighted by Crippen LogP contribution is 2.18. The predicted octanol–water partition coefficient (Wildman–Crippen LogP) is 18.9. The molecule has 0 aromatic rings. The monoisotopic (exact) mass is 905 g/mol. The van der Waals surface area contributed by atoms with E-state index < -0.39 is 6.10 Å². The van der Waals surface area contributed by atoms with Crippen LogP contribution >= 0.6 is 0 Å². The minimum Gasteiger partial charge on any atom is -0.462 e. The minimum atomic E-state index is -0.762. The largest absolute Gasteiger partial charge is 0.462 e. The van der Waals surface area contributed by atoms with Crippen LogP contribution in [0.3, 0.4) is 0 Å². The molecule has 2 atom stereocenters. The number of unbranched alkanes of at least 4 members (excludes halogenated alkanes) is 36. The van der Waals surface area contributed by atoms with E-state index in [0.717, 1.165) is 69.6 Å². The molecule has 0 bridgehead atoms. The average molecular weight is 906 g/mol. The fourth-order valence-corrected chi connectivity index (χ4v) is 8.84. The Morgan fingerprint density at radius 1 is 0.328 bits per heavy atom. The first kappa shape index (κ1) is 62.4. The summed E-state index contributed by atoms with van der Waals surface area (Å²) >= 11 is 0. The number of rotatable bonds is 52. The molecule has 0 aliphatic carbocycles. The second-order valence-electron chi connectivity index (χ2n) is 20.6. The summed E-state index contributed by atoms with van der Waals surface area (Å²) in [6.07, 6.45) is 53.7. The summed E-state index contributed by atoms with van der Waals surface area (Å²) in [6.45, 7) is 11.4. The highest BCUT2D eigenvalue weighted by atomic mass is 16.6. The summed E-state index contributed by atoms with van der Waals surface area (Å²) < 4.78 is 16.9. The third kappa shape index (κ3) is 49.8. The number of hydrogen-bond acceptors (Lipinski definition) is 6. The molecule has 0 N–H and O–H groups in total. The van der Waals surface area contributed by atoms with Crippen molar-refractivity contribution in [2.75, 3.05) is 13.2 Å². The van der Waals surface area contributed by atoms with E-state index in [-0.39, 0.29) is 31.1 Å². The van der Waals surface area contributed by atoms with Crippen LogP contribution in [0.5, 0.6) is 0 Å². The molecule has 0 spiro atoms. The van der Waals surface area contributed by atoms with Crippen LogP contribution in [0.2, 0.25) is 0 Å². The second kappa shape index (κ2) is 50.8. The summed E-state index contributed by atoms with van der Waals surface area (Å²) in [4.78, 5) is 38.1. The zero-order valence-corrected chi connectivity index (χ0v) is 43.9. The first-order valence-electron chi connectivity index (χ1n) is 28.8. The Morgan fingerprint density at radius 3 is 0.891 bits per heavy atom. The molecule has 380 valence electrons. The molecule has 0 aliphatic rings. The standard InChI is InChI=1S/C58H112O6/c1-6-8-9-10-11-12-13-14-15-20-23-30-35-40-45-50-58(61)64-55(52-63-57(60)49-44-39-34-29-25-24-27-32-37-42-47-54(5)7-2)51-62-56(59)48-43-38-33-28-22-19-17-16-18-21-26-31-36-41-46-53(3)4/h53-55H,6-52H2,1-5H3/t54?,55-/m1/s1. The normalized spacial score (nSPS) is 12.5. The SMILES string of the molecule is CCCCCCCCCCCCCCCCCC(=O)O[C@H](COC(=O)CCCCCCCCCCCCCCCCC(C)C)COC(=O)CCCCCCCCCCCCC(C)CC. The van der Waals surface area contributed by atoms with Crippen LogP contribution in [0, 0.1) is 11.8 Å². The van der Waals surface area contributed by atoms with Gasteiger partial charge in [-0.1, -0.05) is 285 Å². The highest BCUT2D eigenvalue weighted by Gasteiger charge is 2.19. The maximum absolute atomic E-state index is 12.8. The number of carbonyl (C=O) groups excluding carboxylic acids is 3. The van der Waals surface area contributed by atoms with Crippen LogP contribution in [-0.2, 0) is 28.6 Å². The fraction of sp³-hybridized carbons (Fsp3) is 0.948. The molecule has 0 fully saturated rings. The average Bonchev–Trinajstić information content (AvgIpc) is 3.28. The number of ether oxygens (including phenoxy) is 3. The summed E-state index contributed by atoms with van der Waals surface area (Å²) in [5.41, 5.74) is 0. The number of esters is 3. The van der Waals surface area contributed by atoms with Gasteiger partial charge >= 0.3 is 17.9 Å². The third-order valence-electron chi connectivity index (χ3n) is 13.6. The highest BCUT2D eigenvalue weighted by molar-refractivity contribution is 5.71. The van der Waals surface area contributed by atoms with Gasteiger partial charge < -0.3 is 14.2 Å². The molecular weight excluding hydrogens is 793 g/mol. The first-order chi connectivity index (χ1) is 31.3. The summed E-state index contributed by atoms with van der Waals surface area (Å²) in [6, 6.07) is 0. The second-order valence-corrected chi connectivity index (χ2v) is 20.6. The van der Waals surface area contributed by atoms with Gasteiger partial charge in [-0.25, -0.2) is 0 Å². The Kier molecular flexibility index (Phi) is 49.6. The molecular formula is C58H112O6. The smallest absolute Gasteiger partial charge is 0.306 e. The molecule has 0 aromatic heterocycles. The molecule has 6 nitrogen and oxygen atoms in total. The van der Waals surface area contributed by atoms with Crippen LogP contribution in [0.1, 0.15) is 324 Å². The van der Waals surface area contributed by atoms with Gasteiger partial charge in [-0.05, 0) is 31.1 Å². The lowest BCUT2D eigenvalue weighted by molar-refractivity contribution is -0.167. The van der Waals surface area contributed by atoms with E-state index in [9.17, 15) is 14.4 Å². The van der Waals surface area contributed by atoms with Crippen LogP contribution in [0.4, 0.5) is 0 Å². The lowest BCUT2D eigenvalue weighted by Crippen LogP contribution is -2.30. The number of carbonyl (C=O) groups is 3. The van der Waals surface area contributed by atoms with Gasteiger partial charge in [0.1, 0.15) is 13.2 Å². The van der Waals surface area contributed by atoms with Gasteiger partial charge in [-0.15, -0.1) is 0 Å². The van der Waals surface area contributed by atoms with E-state index in [0.29, 0.717) is 19.3 Å². The molecule has 0 rings (SSSR count). The maximum Gasteiger partial charge on any atom is 0.306 e. The Hall–Kier alpha value is -1.59. The van der Waals surface area contributed by atoms with E-state index in [1.54, 1.807) is 0 Å². The lowest BCUT2D eigenvalue weighted by Gasteiger charge is -2.18. The van der Waals surface area contributed by atoms with Gasteiger partial charge in [0.25, 0.3) is 0 Å². The van der Waals surface area contributed by atoms with Crippen LogP contribution in [-0.4, -0.2) is 37.2 Å². The van der Waals surface area contributed by atoms with Crippen molar-refractivity contribution < 1.29 is 28.6 Å². The van der Waals surface area contributed by atoms with E-state index in [2.05, 4.69) is 34.6 Å². The van der Waals surface area contributed by atoms with Crippen LogP contribution < -0.4 is 0 Å². The van der Waals surface area contributed by atoms with Gasteiger partial charge in [-0.2, -0.15) is 0 Å². The Bertz CT molecular complexity index is 980. The van der Waals surface area contributed by atoms with Gasteiger partial charge in [0.15, 0.2) is 6.10 Å². The van der Waals surface area contributed by atoms with Crippen molar-refractivity contribution in [1.29, 1.82) is 0 Å². The predicted molar refractivity (Wildman–Crippen MR) is 275 cm³/mol. The van der Waals surface area contributed by atoms with Crippen molar-refractivity contribution in [3.8, 4) is 0 Å². The Morgan fingerprint density at radius 2 is 0.594 bits per heavy atom. The zero-order valence-electron chi connectivity index (χ0n) is 43.9. The first-order valence-corrected chi connectivity index (χ1v) is 28.8. The molecule has 64 heavy (non-hydrogen) atoms. The van der Waals surface area contributed by atoms with Crippen molar-refractivity contribution in [2.45, 2.75) is 330 Å². The quantitative estimate of drug-likeness (QED) is 0.0344. The van der Waals surface area contributed by atoms with Crippen molar-refractivity contribution >= 4 is 17.9 Å². The van der Waals surface area contributed by atoms with E-state index >= 15 is 0 Å². The van der Waals surface area contributed by atoms with E-state index in [4.69, 9.17) is 14.2 Å². The van der Waals surface area contributed by atoms with Crippen LogP contribution in [0.15, 0.2) is 0 Å². The molecule has 6 heteroatoms. The minimum absolute atomic E-state index is 0.0628. The number of hydrogen-bond donors (Lipinski definition) is 0. The van der Waals surface area contributed by atoms with Gasteiger partial charge in [0, 0.05) is 19.3 Å². The van der Waals surface area contributed by atoms with E-state index in [1.807, 2.05) is 0 Å². The summed E-state index contributed by atoms with van der Waals surface area (Å²) in [5.74, 6) is 0.875. The van der Waals surface area contributed by atoms with Gasteiger partial charge in [0.05, 0.1) is 0 Å². The molecule has 0 saturated heterocycles. The van der Waals surface area contributed by atoms with Gasteiger partial charge in [-0.3, -0.25) is 14.4 Å². The molecule has 1 unspecified atom stereocenters. The van der Waals surface area contributed by atoms with E-state index in [1.165, 1.54) is 212 Å². The van der Waals surface area contributed by atoms with Crippen LogP contribution in [0.25, 0.3) is 0 Å². The van der Waals surface area contributed by atoms with Crippen molar-refractivity contribution in [1.82, 2.24) is 0 Å². The molecule has 0 radical (unpaired) electrons. The summed E-state index contributed by atoms with van der Waals surface area (Å²) in [7, 11) is 0. The van der Waals surface area contributed by atoms with Gasteiger partial charge in [0.2, 0.25) is 0 Å². The fourth-order valence-electron chi connectivity index (χ4n) is 8.84. The van der Waals surface area contributed by atoms with Crippen molar-refractivity contribution in [2.24, 2.45) is 11.8 Å². The molecule has 0 heterocycles. The maximum atomic E-state index is 12.8. The zero-order chi connectivity index (χ0) is 46.8. The third-order valence-corrected chi connectivity index (χ3v) is 13.6.